The van der Waals surface area contributed by atoms with Crippen molar-refractivity contribution in [2.24, 2.45) is 0 Å². The van der Waals surface area contributed by atoms with Crippen molar-refractivity contribution in [3.63, 3.8) is 0 Å². The van der Waals surface area contributed by atoms with Crippen LogP contribution in [0.4, 0.5) is 5.82 Å². The monoisotopic (exact) mass is 223 g/mol. The van der Waals surface area contributed by atoms with Crippen molar-refractivity contribution in [2.75, 3.05) is 5.73 Å². The number of benzene rings is 2. The predicted octanol–water partition coefficient (Wildman–Crippen LogP) is 3.12. The van der Waals surface area contributed by atoms with Crippen LogP contribution >= 0.6 is 0 Å². The number of nitrogen functional groups attached to an aromatic ring is 1. The summed E-state index contributed by atoms with van der Waals surface area (Å²) in [5, 5.41) is 9.49. The van der Waals surface area contributed by atoms with Crippen molar-refractivity contribution in [3.05, 3.63) is 48.0 Å². The summed E-state index contributed by atoms with van der Waals surface area (Å²) in [5.74, 6) is 0.563. The molecule has 0 aliphatic carbocycles. The molecule has 0 spiro atoms. The van der Waals surface area contributed by atoms with E-state index in [9.17, 15) is 0 Å². The Kier molecular flexibility index (Phi) is 2.11. The summed E-state index contributed by atoms with van der Waals surface area (Å²) >= 11 is 0. The summed E-state index contributed by atoms with van der Waals surface area (Å²) in [5.41, 5.74) is 8.92. The van der Waals surface area contributed by atoms with Gasteiger partial charge in [0.1, 0.15) is 5.82 Å². The molecule has 0 saturated heterocycles. The van der Waals surface area contributed by atoms with Gasteiger partial charge in [-0.1, -0.05) is 42.5 Å². The van der Waals surface area contributed by atoms with E-state index in [0.29, 0.717) is 5.82 Å². The van der Waals surface area contributed by atoms with Crippen LogP contribution in [0, 0.1) is 6.92 Å². The molecule has 1 heterocycles. The van der Waals surface area contributed by atoms with Gasteiger partial charge in [0.15, 0.2) is 0 Å². The van der Waals surface area contributed by atoms with Crippen LogP contribution in [0.3, 0.4) is 0 Å². The van der Waals surface area contributed by atoms with E-state index >= 15 is 0 Å². The number of anilines is 1. The molecule has 0 bridgehead atoms. The number of rotatable bonds is 1. The Labute approximate surface area is 99.3 Å². The SMILES string of the molecule is Cc1c(N)n[nH]c1-c1cccc2ccccc12. The zero-order chi connectivity index (χ0) is 11.8. The minimum atomic E-state index is 0.563. The first-order valence-corrected chi connectivity index (χ1v) is 5.56. The lowest BCUT2D eigenvalue weighted by Crippen LogP contribution is -1.87. The maximum atomic E-state index is 5.78. The van der Waals surface area contributed by atoms with Crippen molar-refractivity contribution in [1.82, 2.24) is 10.2 Å². The molecule has 0 amide bonds. The maximum absolute atomic E-state index is 5.78. The fourth-order valence-electron chi connectivity index (χ4n) is 2.12. The second-order valence-electron chi connectivity index (χ2n) is 4.14. The van der Waals surface area contributed by atoms with Gasteiger partial charge >= 0.3 is 0 Å². The second kappa shape index (κ2) is 3.63. The summed E-state index contributed by atoms with van der Waals surface area (Å²) in [6.07, 6.45) is 0. The van der Waals surface area contributed by atoms with Crippen LogP contribution in [-0.4, -0.2) is 10.2 Å². The van der Waals surface area contributed by atoms with Gasteiger partial charge in [0.25, 0.3) is 0 Å². The van der Waals surface area contributed by atoms with Gasteiger partial charge in [-0.05, 0) is 17.7 Å². The molecule has 84 valence electrons. The molecule has 0 fully saturated rings. The normalized spacial score (nSPS) is 10.9. The third-order valence-electron chi connectivity index (χ3n) is 3.11. The van der Waals surface area contributed by atoms with Gasteiger partial charge in [0.05, 0.1) is 5.69 Å². The van der Waals surface area contributed by atoms with Crippen molar-refractivity contribution < 1.29 is 0 Å². The summed E-state index contributed by atoms with van der Waals surface area (Å²) < 4.78 is 0. The van der Waals surface area contributed by atoms with E-state index in [1.165, 1.54) is 10.8 Å². The van der Waals surface area contributed by atoms with Crippen LogP contribution in [0.5, 0.6) is 0 Å². The first-order valence-electron chi connectivity index (χ1n) is 5.56. The molecule has 0 aliphatic rings. The zero-order valence-electron chi connectivity index (χ0n) is 9.57. The van der Waals surface area contributed by atoms with Crippen molar-refractivity contribution in [2.45, 2.75) is 6.92 Å². The molecule has 3 rings (SSSR count). The average Bonchev–Trinajstić information content (AvgIpc) is 2.69. The van der Waals surface area contributed by atoms with Gasteiger partial charge < -0.3 is 5.73 Å². The van der Waals surface area contributed by atoms with Crippen LogP contribution in [0.25, 0.3) is 22.0 Å². The van der Waals surface area contributed by atoms with Gasteiger partial charge in [-0.3, -0.25) is 5.10 Å². The Morgan fingerprint density at radius 3 is 2.59 bits per heavy atom. The molecule has 3 heteroatoms. The number of nitrogens with two attached hydrogens (primary N) is 1. The molecule has 3 N–H and O–H groups in total. The summed E-state index contributed by atoms with van der Waals surface area (Å²) in [6, 6.07) is 14.5. The highest BCUT2D eigenvalue weighted by atomic mass is 15.2. The number of aromatic nitrogens is 2. The van der Waals surface area contributed by atoms with E-state index in [-0.39, 0.29) is 0 Å². The molecular formula is C14H13N3. The molecule has 17 heavy (non-hydrogen) atoms. The molecule has 0 aliphatic heterocycles. The summed E-state index contributed by atoms with van der Waals surface area (Å²) in [4.78, 5) is 0. The minimum Gasteiger partial charge on any atom is -0.382 e. The van der Waals surface area contributed by atoms with E-state index in [4.69, 9.17) is 5.73 Å². The zero-order valence-corrected chi connectivity index (χ0v) is 9.57. The maximum Gasteiger partial charge on any atom is 0.148 e. The van der Waals surface area contributed by atoms with Gasteiger partial charge in [-0.2, -0.15) is 5.10 Å². The fourth-order valence-corrected chi connectivity index (χ4v) is 2.12. The van der Waals surface area contributed by atoms with Gasteiger partial charge in [-0.15, -0.1) is 0 Å². The number of aromatic amines is 1. The van der Waals surface area contributed by atoms with E-state index in [0.717, 1.165) is 16.8 Å². The van der Waals surface area contributed by atoms with Gasteiger partial charge in [-0.25, -0.2) is 0 Å². The Morgan fingerprint density at radius 1 is 1.06 bits per heavy atom. The lowest BCUT2D eigenvalue weighted by molar-refractivity contribution is 1.10. The van der Waals surface area contributed by atoms with Crippen LogP contribution < -0.4 is 5.73 Å². The Morgan fingerprint density at radius 2 is 1.82 bits per heavy atom. The lowest BCUT2D eigenvalue weighted by Gasteiger charge is -2.05. The quantitative estimate of drug-likeness (QED) is 0.666. The van der Waals surface area contributed by atoms with Crippen LogP contribution in [0.1, 0.15) is 5.56 Å². The number of H-pyrrole nitrogens is 1. The first-order chi connectivity index (χ1) is 8.27. The lowest BCUT2D eigenvalue weighted by atomic mass is 10.0. The highest BCUT2D eigenvalue weighted by molar-refractivity contribution is 5.96. The Bertz CT molecular complexity index is 678. The topological polar surface area (TPSA) is 54.7 Å². The number of nitrogens with one attached hydrogen (secondary N) is 1. The number of nitrogens with zero attached hydrogens (tertiary/aromatic N) is 1. The Hall–Kier alpha value is -2.29. The molecular weight excluding hydrogens is 210 g/mol. The molecule has 3 aromatic rings. The molecule has 0 atom stereocenters. The molecule has 1 aromatic heterocycles. The third-order valence-corrected chi connectivity index (χ3v) is 3.11. The second-order valence-corrected chi connectivity index (χ2v) is 4.14. The van der Waals surface area contributed by atoms with E-state index in [2.05, 4.69) is 34.5 Å². The highest BCUT2D eigenvalue weighted by Crippen LogP contribution is 2.30. The van der Waals surface area contributed by atoms with Gasteiger partial charge in [0, 0.05) is 11.1 Å². The minimum absolute atomic E-state index is 0.563. The molecule has 0 unspecified atom stereocenters. The molecule has 3 nitrogen and oxygen atoms in total. The largest absolute Gasteiger partial charge is 0.382 e. The average molecular weight is 223 g/mol. The van der Waals surface area contributed by atoms with Crippen LogP contribution in [0.15, 0.2) is 42.5 Å². The fraction of sp³-hybridized carbons (Fsp3) is 0.0714. The number of fused-ring (bicyclic) bond motifs is 1. The third kappa shape index (κ3) is 1.47. The van der Waals surface area contributed by atoms with E-state index in [1.54, 1.807) is 0 Å². The van der Waals surface area contributed by atoms with E-state index < -0.39 is 0 Å². The predicted molar refractivity (Wildman–Crippen MR) is 70.7 cm³/mol. The van der Waals surface area contributed by atoms with Crippen molar-refractivity contribution in [1.29, 1.82) is 0 Å². The summed E-state index contributed by atoms with van der Waals surface area (Å²) in [6.45, 7) is 1.98. The molecule has 0 saturated carbocycles. The first kappa shape index (κ1) is 9.90. The smallest absolute Gasteiger partial charge is 0.148 e. The summed E-state index contributed by atoms with van der Waals surface area (Å²) in [7, 11) is 0. The van der Waals surface area contributed by atoms with Crippen molar-refractivity contribution >= 4 is 16.6 Å². The Balaban J connectivity index is 2.34. The van der Waals surface area contributed by atoms with Crippen molar-refractivity contribution in [3.8, 4) is 11.3 Å². The highest BCUT2D eigenvalue weighted by Gasteiger charge is 2.10. The van der Waals surface area contributed by atoms with Gasteiger partial charge in [0.2, 0.25) is 0 Å². The molecule has 0 radical (unpaired) electrons. The molecule has 2 aromatic carbocycles. The van der Waals surface area contributed by atoms with Crippen LogP contribution in [-0.2, 0) is 0 Å². The number of hydrogen-bond acceptors (Lipinski definition) is 2. The van der Waals surface area contributed by atoms with Crippen LogP contribution in [0.2, 0.25) is 0 Å². The standard InChI is InChI=1S/C14H13N3/c1-9-13(16-17-14(9)15)12-8-4-6-10-5-2-3-7-11(10)12/h2-8H,1H3,(H3,15,16,17). The van der Waals surface area contributed by atoms with E-state index in [1.807, 2.05) is 25.1 Å². The number of hydrogen-bond donors (Lipinski definition) is 2.